The Hall–Kier alpha value is -2.66. The lowest BCUT2D eigenvalue weighted by atomic mass is 10.0. The Kier molecular flexibility index (Phi) is 6.24. The summed E-state index contributed by atoms with van der Waals surface area (Å²) in [6, 6.07) is 16.8. The standard InChI is InChI=1S/C22H26N2O3/c1-16-8-5-6-12-19(16)22(27)23-15-21(26)24-13-7-11-18(24)14-20(25)17-9-3-2-4-10-17/h2-6,8-10,12,18,20,25H,7,11,13-15H2,1H3,(H,23,27). The highest BCUT2D eigenvalue weighted by Crippen LogP contribution is 2.27. The fourth-order valence-electron chi connectivity index (χ4n) is 3.66. The van der Waals surface area contributed by atoms with E-state index in [-0.39, 0.29) is 24.4 Å². The summed E-state index contributed by atoms with van der Waals surface area (Å²) in [6.45, 7) is 2.52. The zero-order chi connectivity index (χ0) is 19.2. The van der Waals surface area contributed by atoms with E-state index in [9.17, 15) is 14.7 Å². The molecule has 2 atom stereocenters. The number of benzene rings is 2. The third kappa shape index (κ3) is 4.74. The highest BCUT2D eigenvalue weighted by Gasteiger charge is 2.30. The third-order valence-electron chi connectivity index (χ3n) is 5.17. The van der Waals surface area contributed by atoms with E-state index in [4.69, 9.17) is 0 Å². The van der Waals surface area contributed by atoms with Crippen molar-refractivity contribution in [1.82, 2.24) is 10.2 Å². The molecule has 1 aliphatic rings. The molecule has 2 aromatic carbocycles. The van der Waals surface area contributed by atoms with E-state index in [1.807, 2.05) is 55.5 Å². The summed E-state index contributed by atoms with van der Waals surface area (Å²) in [7, 11) is 0. The molecule has 2 aromatic rings. The first-order valence-electron chi connectivity index (χ1n) is 9.42. The molecule has 0 bridgehead atoms. The average Bonchev–Trinajstić information content (AvgIpc) is 3.15. The number of likely N-dealkylation sites (tertiary alicyclic amines) is 1. The van der Waals surface area contributed by atoms with Crippen molar-refractivity contribution in [3.05, 3.63) is 71.3 Å². The van der Waals surface area contributed by atoms with Gasteiger partial charge in [-0.25, -0.2) is 0 Å². The highest BCUT2D eigenvalue weighted by atomic mass is 16.3. The van der Waals surface area contributed by atoms with Crippen LogP contribution in [0.3, 0.4) is 0 Å². The van der Waals surface area contributed by atoms with Crippen LogP contribution in [0.15, 0.2) is 54.6 Å². The number of aliphatic hydroxyl groups excluding tert-OH is 1. The first-order valence-corrected chi connectivity index (χ1v) is 9.42. The quantitative estimate of drug-likeness (QED) is 0.826. The van der Waals surface area contributed by atoms with Crippen LogP contribution in [0.25, 0.3) is 0 Å². The first-order chi connectivity index (χ1) is 13.1. The van der Waals surface area contributed by atoms with Gasteiger partial charge in [0.1, 0.15) is 0 Å². The molecule has 0 aromatic heterocycles. The normalized spacial score (nSPS) is 17.6. The van der Waals surface area contributed by atoms with Crippen molar-refractivity contribution in [2.75, 3.05) is 13.1 Å². The lowest BCUT2D eigenvalue weighted by Gasteiger charge is -2.27. The van der Waals surface area contributed by atoms with E-state index in [2.05, 4.69) is 5.32 Å². The molecule has 1 aliphatic heterocycles. The summed E-state index contributed by atoms with van der Waals surface area (Å²) < 4.78 is 0. The molecule has 142 valence electrons. The molecule has 0 saturated carbocycles. The van der Waals surface area contributed by atoms with Crippen LogP contribution in [0, 0.1) is 6.92 Å². The largest absolute Gasteiger partial charge is 0.388 e. The van der Waals surface area contributed by atoms with Crippen molar-refractivity contribution in [1.29, 1.82) is 0 Å². The zero-order valence-corrected chi connectivity index (χ0v) is 15.6. The van der Waals surface area contributed by atoms with Crippen molar-refractivity contribution < 1.29 is 14.7 Å². The summed E-state index contributed by atoms with van der Waals surface area (Å²) in [5.41, 5.74) is 2.33. The summed E-state index contributed by atoms with van der Waals surface area (Å²) in [6.07, 6.45) is 1.72. The van der Waals surface area contributed by atoms with Gasteiger partial charge in [0.05, 0.1) is 12.6 Å². The van der Waals surface area contributed by atoms with Gasteiger partial charge in [-0.15, -0.1) is 0 Å². The lowest BCUT2D eigenvalue weighted by Crippen LogP contribution is -2.43. The molecule has 1 heterocycles. The number of hydrogen-bond donors (Lipinski definition) is 2. The summed E-state index contributed by atoms with van der Waals surface area (Å²) in [5.74, 6) is -0.332. The van der Waals surface area contributed by atoms with E-state index >= 15 is 0 Å². The molecule has 2 N–H and O–H groups in total. The minimum Gasteiger partial charge on any atom is -0.388 e. The molecule has 27 heavy (non-hydrogen) atoms. The van der Waals surface area contributed by atoms with Gasteiger partial charge in [-0.05, 0) is 43.4 Å². The molecular weight excluding hydrogens is 340 g/mol. The summed E-state index contributed by atoms with van der Waals surface area (Å²) in [4.78, 5) is 26.7. The first kappa shape index (κ1) is 19.1. The highest BCUT2D eigenvalue weighted by molar-refractivity contribution is 5.97. The summed E-state index contributed by atoms with van der Waals surface area (Å²) in [5, 5.41) is 13.2. The maximum atomic E-state index is 12.6. The average molecular weight is 366 g/mol. The number of nitrogens with one attached hydrogen (secondary N) is 1. The molecule has 1 saturated heterocycles. The van der Waals surface area contributed by atoms with Crippen LogP contribution in [0.2, 0.25) is 0 Å². The van der Waals surface area contributed by atoms with Gasteiger partial charge in [0.15, 0.2) is 0 Å². The third-order valence-corrected chi connectivity index (χ3v) is 5.17. The van der Waals surface area contributed by atoms with Crippen LogP contribution in [-0.2, 0) is 4.79 Å². The number of rotatable bonds is 6. The van der Waals surface area contributed by atoms with Crippen molar-refractivity contribution in [3.63, 3.8) is 0 Å². The Morgan fingerprint density at radius 1 is 1.15 bits per heavy atom. The maximum absolute atomic E-state index is 12.6. The Labute approximate surface area is 160 Å². The molecule has 5 heteroatoms. The molecule has 0 radical (unpaired) electrons. The molecule has 1 fully saturated rings. The molecule has 2 amide bonds. The Morgan fingerprint density at radius 2 is 1.85 bits per heavy atom. The van der Waals surface area contributed by atoms with Crippen LogP contribution < -0.4 is 5.32 Å². The topological polar surface area (TPSA) is 69.6 Å². The van der Waals surface area contributed by atoms with E-state index in [1.54, 1.807) is 11.0 Å². The van der Waals surface area contributed by atoms with Crippen molar-refractivity contribution in [2.24, 2.45) is 0 Å². The predicted octanol–water partition coefficient (Wildman–Crippen LogP) is 2.84. The van der Waals surface area contributed by atoms with E-state index in [0.29, 0.717) is 18.5 Å². The molecule has 0 spiro atoms. The van der Waals surface area contributed by atoms with Gasteiger partial charge in [-0.1, -0.05) is 48.5 Å². The Balaban J connectivity index is 1.56. The second kappa shape index (κ2) is 8.82. The summed E-state index contributed by atoms with van der Waals surface area (Å²) >= 11 is 0. The number of amides is 2. The van der Waals surface area contributed by atoms with Crippen LogP contribution in [0.1, 0.15) is 46.9 Å². The molecule has 3 rings (SSSR count). The van der Waals surface area contributed by atoms with Crippen molar-refractivity contribution in [3.8, 4) is 0 Å². The van der Waals surface area contributed by atoms with Gasteiger partial charge in [0.25, 0.3) is 5.91 Å². The van der Waals surface area contributed by atoms with Gasteiger partial charge in [-0.3, -0.25) is 9.59 Å². The second-order valence-corrected chi connectivity index (χ2v) is 7.04. The molecule has 0 aliphatic carbocycles. The number of aryl methyl sites for hydroxylation is 1. The van der Waals surface area contributed by atoms with Crippen LogP contribution in [-0.4, -0.2) is 41.0 Å². The van der Waals surface area contributed by atoms with E-state index in [1.165, 1.54) is 0 Å². The Morgan fingerprint density at radius 3 is 2.59 bits per heavy atom. The SMILES string of the molecule is Cc1ccccc1C(=O)NCC(=O)N1CCCC1CC(O)c1ccccc1. The second-order valence-electron chi connectivity index (χ2n) is 7.04. The maximum Gasteiger partial charge on any atom is 0.251 e. The predicted molar refractivity (Wildman–Crippen MR) is 104 cm³/mol. The number of carbonyl (C=O) groups is 2. The van der Waals surface area contributed by atoms with Gasteiger partial charge >= 0.3 is 0 Å². The van der Waals surface area contributed by atoms with Crippen molar-refractivity contribution >= 4 is 11.8 Å². The van der Waals surface area contributed by atoms with Gasteiger partial charge in [0, 0.05) is 18.2 Å². The van der Waals surface area contributed by atoms with Gasteiger partial charge < -0.3 is 15.3 Å². The molecule has 5 nitrogen and oxygen atoms in total. The van der Waals surface area contributed by atoms with Crippen molar-refractivity contribution in [2.45, 2.75) is 38.3 Å². The van der Waals surface area contributed by atoms with Crippen LogP contribution in [0.4, 0.5) is 0 Å². The fourth-order valence-corrected chi connectivity index (χ4v) is 3.66. The van der Waals surface area contributed by atoms with Gasteiger partial charge in [0.2, 0.25) is 5.91 Å². The van der Waals surface area contributed by atoms with Crippen LogP contribution in [0.5, 0.6) is 0 Å². The molecule has 2 unspecified atom stereocenters. The Bertz CT molecular complexity index is 791. The minimum atomic E-state index is -0.592. The zero-order valence-electron chi connectivity index (χ0n) is 15.6. The smallest absolute Gasteiger partial charge is 0.251 e. The van der Waals surface area contributed by atoms with Gasteiger partial charge in [-0.2, -0.15) is 0 Å². The van der Waals surface area contributed by atoms with Crippen LogP contribution >= 0.6 is 0 Å². The fraction of sp³-hybridized carbons (Fsp3) is 0.364. The molecular formula is C22H26N2O3. The monoisotopic (exact) mass is 366 g/mol. The number of carbonyl (C=O) groups excluding carboxylic acids is 2. The minimum absolute atomic E-state index is 0.00284. The number of nitrogens with zero attached hydrogens (tertiary/aromatic N) is 1. The lowest BCUT2D eigenvalue weighted by molar-refractivity contribution is -0.131. The number of aliphatic hydroxyl groups is 1. The van der Waals surface area contributed by atoms with E-state index < -0.39 is 6.10 Å². The number of hydrogen-bond acceptors (Lipinski definition) is 3. The van der Waals surface area contributed by atoms with E-state index in [0.717, 1.165) is 24.0 Å².